The van der Waals surface area contributed by atoms with Gasteiger partial charge in [0.1, 0.15) is 0 Å². The van der Waals surface area contributed by atoms with Gasteiger partial charge in [-0.25, -0.2) is 0 Å². The number of rotatable bonds is 4. The van der Waals surface area contributed by atoms with Crippen LogP contribution in [0.1, 0.15) is 9.67 Å². The zero-order valence-electron chi connectivity index (χ0n) is 12.2. The number of carbonyl (C=O) groups excluding carboxylic acids is 1. The van der Waals surface area contributed by atoms with Gasteiger partial charge in [0.2, 0.25) is 0 Å². The van der Waals surface area contributed by atoms with Crippen LogP contribution in [-0.2, 0) is 4.74 Å². The molecule has 7 nitrogen and oxygen atoms in total. The van der Waals surface area contributed by atoms with Gasteiger partial charge in [0.05, 0.1) is 23.0 Å². The number of ether oxygens (including phenoxy) is 1. The van der Waals surface area contributed by atoms with Crippen molar-refractivity contribution in [3.05, 3.63) is 51.4 Å². The predicted octanol–water partition coefficient (Wildman–Crippen LogP) is 2.75. The predicted molar refractivity (Wildman–Crippen MR) is 88.4 cm³/mol. The highest BCUT2D eigenvalue weighted by Gasteiger charge is 2.16. The van der Waals surface area contributed by atoms with Crippen LogP contribution >= 0.6 is 11.3 Å². The summed E-state index contributed by atoms with van der Waals surface area (Å²) in [5.74, 6) is -0.345. The number of nitrogens with one attached hydrogen (secondary N) is 1. The van der Waals surface area contributed by atoms with Gasteiger partial charge in [0.15, 0.2) is 0 Å². The number of hydrogen-bond donors (Lipinski definition) is 1. The molecule has 1 amide bonds. The third-order valence-electron chi connectivity index (χ3n) is 3.50. The van der Waals surface area contributed by atoms with Crippen LogP contribution in [0.4, 0.5) is 16.4 Å². The molecule has 1 fully saturated rings. The number of benzene rings is 1. The highest BCUT2D eigenvalue weighted by atomic mass is 32.1. The van der Waals surface area contributed by atoms with E-state index in [1.165, 1.54) is 12.1 Å². The van der Waals surface area contributed by atoms with Crippen molar-refractivity contribution >= 4 is 33.6 Å². The van der Waals surface area contributed by atoms with Gasteiger partial charge in [0, 0.05) is 30.5 Å². The van der Waals surface area contributed by atoms with Gasteiger partial charge in [0.25, 0.3) is 5.91 Å². The Balaban J connectivity index is 1.65. The summed E-state index contributed by atoms with van der Waals surface area (Å²) in [6, 6.07) is 10.3. The Kier molecular flexibility index (Phi) is 4.54. The van der Waals surface area contributed by atoms with Gasteiger partial charge in [-0.1, -0.05) is 11.3 Å². The Morgan fingerprint density at radius 2 is 1.87 bits per heavy atom. The standard InChI is InChI=1S/C15H15N3O4S/c19-15(13-5-6-14(23-13)18(20)21)16-11-1-3-12(4-2-11)17-7-9-22-10-8-17/h1-6H,7-10H2,(H,16,19). The molecule has 0 spiro atoms. The van der Waals surface area contributed by atoms with Crippen molar-refractivity contribution in [1.29, 1.82) is 0 Å². The zero-order valence-corrected chi connectivity index (χ0v) is 13.0. The van der Waals surface area contributed by atoms with E-state index >= 15 is 0 Å². The molecule has 1 aromatic carbocycles. The fourth-order valence-corrected chi connectivity index (χ4v) is 3.03. The Morgan fingerprint density at radius 3 is 2.48 bits per heavy atom. The van der Waals surface area contributed by atoms with Crippen molar-refractivity contribution < 1.29 is 14.5 Å². The van der Waals surface area contributed by atoms with Crippen molar-refractivity contribution in [2.24, 2.45) is 0 Å². The van der Waals surface area contributed by atoms with Gasteiger partial charge < -0.3 is 15.0 Å². The highest BCUT2D eigenvalue weighted by molar-refractivity contribution is 7.17. The number of nitrogens with zero attached hydrogens (tertiary/aromatic N) is 2. The minimum atomic E-state index is -0.501. The van der Waals surface area contributed by atoms with Crippen molar-refractivity contribution in [2.45, 2.75) is 0 Å². The molecule has 3 rings (SSSR count). The third kappa shape index (κ3) is 3.66. The molecular weight excluding hydrogens is 318 g/mol. The second-order valence-corrected chi connectivity index (χ2v) is 6.06. The van der Waals surface area contributed by atoms with Gasteiger partial charge in [-0.2, -0.15) is 0 Å². The summed E-state index contributed by atoms with van der Waals surface area (Å²) in [6.45, 7) is 3.14. The van der Waals surface area contributed by atoms with E-state index in [1.54, 1.807) is 0 Å². The number of thiophene rings is 1. The molecule has 1 saturated heterocycles. The number of anilines is 2. The molecule has 0 saturated carbocycles. The van der Waals surface area contributed by atoms with Gasteiger partial charge in [-0.15, -0.1) is 0 Å². The molecule has 1 aliphatic rings. The van der Waals surface area contributed by atoms with Crippen LogP contribution in [0.15, 0.2) is 36.4 Å². The van der Waals surface area contributed by atoms with Crippen molar-refractivity contribution in [3.8, 4) is 0 Å². The lowest BCUT2D eigenvalue weighted by Gasteiger charge is -2.28. The topological polar surface area (TPSA) is 84.7 Å². The smallest absolute Gasteiger partial charge is 0.324 e. The average Bonchev–Trinajstić information content (AvgIpc) is 3.07. The second kappa shape index (κ2) is 6.76. The quantitative estimate of drug-likeness (QED) is 0.687. The highest BCUT2D eigenvalue weighted by Crippen LogP contribution is 2.25. The molecule has 8 heteroatoms. The first-order valence-electron chi connectivity index (χ1n) is 7.12. The lowest BCUT2D eigenvalue weighted by molar-refractivity contribution is -0.380. The average molecular weight is 333 g/mol. The second-order valence-electron chi connectivity index (χ2n) is 5.00. The van der Waals surface area contributed by atoms with Gasteiger partial charge in [-0.05, 0) is 30.3 Å². The maximum absolute atomic E-state index is 12.1. The van der Waals surface area contributed by atoms with E-state index in [2.05, 4.69) is 10.2 Å². The zero-order chi connectivity index (χ0) is 16.2. The van der Waals surface area contributed by atoms with Crippen LogP contribution in [0, 0.1) is 10.1 Å². The Bertz CT molecular complexity index is 708. The van der Waals surface area contributed by atoms with E-state index in [0.29, 0.717) is 10.6 Å². The van der Waals surface area contributed by atoms with Crippen LogP contribution in [0.2, 0.25) is 0 Å². The minimum Gasteiger partial charge on any atom is -0.378 e. The van der Waals surface area contributed by atoms with Crippen LogP contribution in [0.5, 0.6) is 0 Å². The first-order valence-corrected chi connectivity index (χ1v) is 7.93. The van der Waals surface area contributed by atoms with Crippen LogP contribution < -0.4 is 10.2 Å². The summed E-state index contributed by atoms with van der Waals surface area (Å²) in [4.78, 5) is 24.8. The molecule has 0 bridgehead atoms. The van der Waals surface area contributed by atoms with E-state index in [-0.39, 0.29) is 10.9 Å². The van der Waals surface area contributed by atoms with E-state index in [1.807, 2.05) is 24.3 Å². The first-order chi connectivity index (χ1) is 11.1. The fourth-order valence-electron chi connectivity index (χ4n) is 2.32. The summed E-state index contributed by atoms with van der Waals surface area (Å²) >= 11 is 0.861. The SMILES string of the molecule is O=C(Nc1ccc(N2CCOCC2)cc1)c1ccc([N+](=O)[O-])s1. The first kappa shape index (κ1) is 15.4. The lowest BCUT2D eigenvalue weighted by atomic mass is 10.2. The van der Waals surface area contributed by atoms with Crippen LogP contribution in [0.25, 0.3) is 0 Å². The molecule has 0 radical (unpaired) electrons. The monoisotopic (exact) mass is 333 g/mol. The Hall–Kier alpha value is -2.45. The minimum absolute atomic E-state index is 0.0437. The number of hydrogen-bond acceptors (Lipinski definition) is 6. The summed E-state index contributed by atoms with van der Waals surface area (Å²) in [5.41, 5.74) is 1.74. The largest absolute Gasteiger partial charge is 0.378 e. The molecule has 1 N–H and O–H groups in total. The number of amides is 1. The maximum atomic E-state index is 12.1. The molecular formula is C15H15N3O4S. The van der Waals surface area contributed by atoms with Crippen molar-refractivity contribution in [1.82, 2.24) is 0 Å². The molecule has 0 aliphatic carbocycles. The fraction of sp³-hybridized carbons (Fsp3) is 0.267. The maximum Gasteiger partial charge on any atom is 0.324 e. The molecule has 1 aliphatic heterocycles. The molecule has 23 heavy (non-hydrogen) atoms. The van der Waals surface area contributed by atoms with Gasteiger partial charge >= 0.3 is 5.00 Å². The van der Waals surface area contributed by atoms with Crippen LogP contribution in [0.3, 0.4) is 0 Å². The summed E-state index contributed by atoms with van der Waals surface area (Å²) < 4.78 is 5.32. The summed E-state index contributed by atoms with van der Waals surface area (Å²) in [5, 5.41) is 13.4. The van der Waals surface area contributed by atoms with Crippen molar-refractivity contribution in [3.63, 3.8) is 0 Å². The molecule has 1 aromatic heterocycles. The Morgan fingerprint density at radius 1 is 1.17 bits per heavy atom. The molecule has 2 heterocycles. The van der Waals surface area contributed by atoms with Gasteiger partial charge in [-0.3, -0.25) is 14.9 Å². The van der Waals surface area contributed by atoms with Crippen LogP contribution in [-0.4, -0.2) is 37.1 Å². The van der Waals surface area contributed by atoms with E-state index in [4.69, 9.17) is 4.74 Å². The number of morpholine rings is 1. The number of carbonyl (C=O) groups is 1. The summed E-state index contributed by atoms with van der Waals surface area (Å²) in [7, 11) is 0. The molecule has 0 atom stereocenters. The van der Waals surface area contributed by atoms with Crippen molar-refractivity contribution in [2.75, 3.05) is 36.5 Å². The molecule has 2 aromatic rings. The molecule has 0 unspecified atom stereocenters. The van der Waals surface area contributed by atoms with E-state index in [9.17, 15) is 14.9 Å². The lowest BCUT2D eigenvalue weighted by Crippen LogP contribution is -2.36. The molecule has 120 valence electrons. The number of nitro groups is 1. The Labute approximate surface area is 136 Å². The summed E-state index contributed by atoms with van der Waals surface area (Å²) in [6.07, 6.45) is 0. The van der Waals surface area contributed by atoms with E-state index < -0.39 is 4.92 Å². The normalized spacial score (nSPS) is 14.5. The van der Waals surface area contributed by atoms with E-state index in [0.717, 1.165) is 43.3 Å². The third-order valence-corrected chi connectivity index (χ3v) is 4.53.